The fraction of sp³-hybridized carbons (Fsp3) is 0.250. The number of aromatic nitrogens is 1. The smallest absolute Gasteiger partial charge is 0.350 e. The van der Waals surface area contributed by atoms with E-state index in [-0.39, 0.29) is 5.69 Å². The third-order valence-electron chi connectivity index (χ3n) is 4.95. The van der Waals surface area contributed by atoms with Crippen LogP contribution in [0.25, 0.3) is 10.9 Å². The van der Waals surface area contributed by atoms with E-state index in [1.165, 1.54) is 18.2 Å². The molecule has 1 aromatic heterocycles. The van der Waals surface area contributed by atoms with Gasteiger partial charge in [-0.1, -0.05) is 24.3 Å². The summed E-state index contributed by atoms with van der Waals surface area (Å²) in [5.41, 5.74) is 2.16. The normalized spacial score (nSPS) is 14.3. The number of carbonyl (C=O) groups excluding carboxylic acids is 1. The summed E-state index contributed by atoms with van der Waals surface area (Å²) in [4.78, 5) is 14.3. The average molecular weight is 373 g/mol. The summed E-state index contributed by atoms with van der Waals surface area (Å²) in [6, 6.07) is 10.4. The number of carbonyl (C=O) groups is 1. The molecule has 0 atom stereocenters. The number of nitrogens with one attached hydrogen (secondary N) is 1. The number of hydrogen-bond donors (Lipinski definition) is 1. The van der Waals surface area contributed by atoms with Gasteiger partial charge in [-0.05, 0) is 35.7 Å². The lowest BCUT2D eigenvalue weighted by atomic mass is 10.1. The molecule has 4 rings (SSSR count). The second-order valence-corrected chi connectivity index (χ2v) is 6.72. The van der Waals surface area contributed by atoms with Gasteiger partial charge < -0.3 is 14.8 Å². The Morgan fingerprint density at radius 1 is 1.07 bits per heavy atom. The Morgan fingerprint density at radius 3 is 2.63 bits per heavy atom. The van der Waals surface area contributed by atoms with Gasteiger partial charge in [0.25, 0.3) is 0 Å². The Kier molecular flexibility index (Phi) is 4.09. The first-order chi connectivity index (χ1) is 12.8. The standard InChI is InChI=1S/C20H18F3N3O/c1-25-11-14-9-10-26(12-13-5-4-8-17(25)18(13)14)19(27)24-16-7-3-2-6-15(16)20(21,22)23/h2-8,11H,9-10,12H2,1H3,(H,24,27). The highest BCUT2D eigenvalue weighted by atomic mass is 19.4. The fourth-order valence-electron chi connectivity index (χ4n) is 3.69. The summed E-state index contributed by atoms with van der Waals surface area (Å²) < 4.78 is 41.6. The number of amides is 2. The van der Waals surface area contributed by atoms with Crippen LogP contribution >= 0.6 is 0 Å². The lowest BCUT2D eigenvalue weighted by molar-refractivity contribution is -0.136. The number of rotatable bonds is 1. The van der Waals surface area contributed by atoms with E-state index >= 15 is 0 Å². The molecule has 7 heteroatoms. The maximum absolute atomic E-state index is 13.2. The van der Waals surface area contributed by atoms with Gasteiger partial charge in [-0.2, -0.15) is 13.2 Å². The van der Waals surface area contributed by atoms with Crippen molar-refractivity contribution < 1.29 is 18.0 Å². The molecule has 0 bridgehead atoms. The molecule has 4 nitrogen and oxygen atoms in total. The zero-order chi connectivity index (χ0) is 19.2. The number of hydrogen-bond acceptors (Lipinski definition) is 1. The van der Waals surface area contributed by atoms with Gasteiger partial charge in [-0.15, -0.1) is 0 Å². The maximum Gasteiger partial charge on any atom is 0.418 e. The van der Waals surface area contributed by atoms with Crippen molar-refractivity contribution in [2.24, 2.45) is 7.05 Å². The van der Waals surface area contributed by atoms with E-state index in [9.17, 15) is 18.0 Å². The molecule has 3 aromatic rings. The van der Waals surface area contributed by atoms with Gasteiger partial charge in [0.2, 0.25) is 0 Å². The summed E-state index contributed by atoms with van der Waals surface area (Å²) in [5.74, 6) is 0. The Hall–Kier alpha value is -2.96. The minimum absolute atomic E-state index is 0.226. The van der Waals surface area contributed by atoms with Gasteiger partial charge in [0.15, 0.2) is 0 Å². The Bertz CT molecular complexity index is 1020. The predicted octanol–water partition coefficient (Wildman–Crippen LogP) is 4.79. The predicted molar refractivity (Wildman–Crippen MR) is 97.5 cm³/mol. The van der Waals surface area contributed by atoms with Crippen molar-refractivity contribution in [3.63, 3.8) is 0 Å². The molecule has 1 N–H and O–H groups in total. The van der Waals surface area contributed by atoms with Crippen LogP contribution in [0.1, 0.15) is 16.7 Å². The summed E-state index contributed by atoms with van der Waals surface area (Å²) in [6.07, 6.45) is -1.82. The molecule has 0 unspecified atom stereocenters. The Morgan fingerprint density at radius 2 is 1.85 bits per heavy atom. The highest BCUT2D eigenvalue weighted by Crippen LogP contribution is 2.35. The molecule has 2 heterocycles. The Balaban J connectivity index is 1.61. The number of anilines is 1. The van der Waals surface area contributed by atoms with E-state index in [0.717, 1.165) is 28.1 Å². The van der Waals surface area contributed by atoms with Crippen molar-refractivity contribution in [1.29, 1.82) is 0 Å². The second kappa shape index (κ2) is 6.33. The minimum atomic E-state index is -4.52. The van der Waals surface area contributed by atoms with E-state index in [1.54, 1.807) is 4.90 Å². The number of nitrogens with zero attached hydrogens (tertiary/aromatic N) is 2. The molecule has 0 spiro atoms. The molecule has 1 aliphatic heterocycles. The molecule has 2 aromatic carbocycles. The molecule has 0 aliphatic carbocycles. The largest absolute Gasteiger partial charge is 0.418 e. The summed E-state index contributed by atoms with van der Waals surface area (Å²) in [7, 11) is 1.98. The molecule has 1 aliphatic rings. The Labute approximate surface area is 154 Å². The molecular weight excluding hydrogens is 355 g/mol. The fourth-order valence-corrected chi connectivity index (χ4v) is 3.69. The molecule has 2 amide bonds. The molecule has 0 saturated carbocycles. The molecule has 140 valence electrons. The summed E-state index contributed by atoms with van der Waals surface area (Å²) >= 11 is 0. The number of alkyl halides is 3. The lowest BCUT2D eigenvalue weighted by Gasteiger charge is -2.23. The quantitative estimate of drug-likeness (QED) is 0.654. The van der Waals surface area contributed by atoms with Gasteiger partial charge >= 0.3 is 12.2 Å². The van der Waals surface area contributed by atoms with Crippen LogP contribution in [0.5, 0.6) is 0 Å². The van der Waals surface area contributed by atoms with Gasteiger partial charge in [0.05, 0.1) is 11.3 Å². The summed E-state index contributed by atoms with van der Waals surface area (Å²) in [6.45, 7) is 0.794. The van der Waals surface area contributed by atoms with E-state index in [2.05, 4.69) is 16.1 Å². The SMILES string of the molecule is Cn1cc2c3c(cccc31)CN(C(=O)Nc1ccccc1C(F)(F)F)CC2. The second-order valence-electron chi connectivity index (χ2n) is 6.72. The van der Waals surface area contributed by atoms with Crippen LogP contribution in [-0.2, 0) is 26.2 Å². The van der Waals surface area contributed by atoms with Crippen molar-refractivity contribution in [2.75, 3.05) is 11.9 Å². The van der Waals surface area contributed by atoms with Crippen molar-refractivity contribution in [3.8, 4) is 0 Å². The molecule has 0 saturated heterocycles. The zero-order valence-corrected chi connectivity index (χ0v) is 14.7. The molecular formula is C20H18F3N3O. The highest BCUT2D eigenvalue weighted by Gasteiger charge is 2.34. The van der Waals surface area contributed by atoms with Gasteiger partial charge in [-0.3, -0.25) is 0 Å². The number of para-hydroxylation sites is 1. The zero-order valence-electron chi connectivity index (χ0n) is 14.7. The molecule has 0 radical (unpaired) electrons. The summed E-state index contributed by atoms with van der Waals surface area (Å²) in [5, 5.41) is 3.57. The van der Waals surface area contributed by atoms with Crippen LogP contribution in [-0.4, -0.2) is 22.0 Å². The van der Waals surface area contributed by atoms with E-state index in [0.29, 0.717) is 19.5 Å². The minimum Gasteiger partial charge on any atom is -0.350 e. The molecule has 27 heavy (non-hydrogen) atoms. The van der Waals surface area contributed by atoms with E-state index in [1.807, 2.05) is 25.2 Å². The van der Waals surface area contributed by atoms with Gasteiger partial charge in [-0.25, -0.2) is 4.79 Å². The number of aryl methyl sites for hydroxylation is 1. The monoisotopic (exact) mass is 373 g/mol. The average Bonchev–Trinajstić information content (AvgIpc) is 2.83. The third kappa shape index (κ3) is 3.13. The van der Waals surface area contributed by atoms with Crippen molar-refractivity contribution in [1.82, 2.24) is 9.47 Å². The van der Waals surface area contributed by atoms with Crippen LogP contribution in [0.15, 0.2) is 48.7 Å². The third-order valence-corrected chi connectivity index (χ3v) is 4.95. The van der Waals surface area contributed by atoms with Crippen LogP contribution in [0.4, 0.5) is 23.7 Å². The lowest BCUT2D eigenvalue weighted by Crippen LogP contribution is -2.35. The number of benzene rings is 2. The van der Waals surface area contributed by atoms with Crippen molar-refractivity contribution in [3.05, 3.63) is 65.4 Å². The van der Waals surface area contributed by atoms with Gasteiger partial charge in [0, 0.05) is 37.2 Å². The topological polar surface area (TPSA) is 37.3 Å². The first kappa shape index (κ1) is 17.5. The number of urea groups is 1. The first-order valence-electron chi connectivity index (χ1n) is 8.62. The van der Waals surface area contributed by atoms with Crippen molar-refractivity contribution in [2.45, 2.75) is 19.1 Å². The van der Waals surface area contributed by atoms with E-state index < -0.39 is 17.8 Å². The number of halogens is 3. The molecule has 0 fully saturated rings. The maximum atomic E-state index is 13.2. The first-order valence-corrected chi connectivity index (χ1v) is 8.62. The van der Waals surface area contributed by atoms with Gasteiger partial charge in [0.1, 0.15) is 0 Å². The van der Waals surface area contributed by atoms with E-state index in [4.69, 9.17) is 0 Å². The van der Waals surface area contributed by atoms with Crippen LogP contribution in [0, 0.1) is 0 Å². The van der Waals surface area contributed by atoms with Crippen LogP contribution in [0.3, 0.4) is 0 Å². The van der Waals surface area contributed by atoms with Crippen molar-refractivity contribution >= 4 is 22.6 Å². The van der Waals surface area contributed by atoms with Crippen LogP contribution < -0.4 is 5.32 Å². The highest BCUT2D eigenvalue weighted by molar-refractivity contribution is 5.92. The van der Waals surface area contributed by atoms with Crippen LogP contribution in [0.2, 0.25) is 0 Å².